The van der Waals surface area contributed by atoms with Gasteiger partial charge < -0.3 is 0 Å². The molecule has 0 spiro atoms. The maximum absolute atomic E-state index is 11.3. The summed E-state index contributed by atoms with van der Waals surface area (Å²) in [5.74, 6) is -0.304. The summed E-state index contributed by atoms with van der Waals surface area (Å²) in [6.45, 7) is 2.04. The predicted octanol–water partition coefficient (Wildman–Crippen LogP) is 3.15. The van der Waals surface area contributed by atoms with Crippen molar-refractivity contribution in [2.24, 2.45) is 0 Å². The van der Waals surface area contributed by atoms with Crippen molar-refractivity contribution in [2.75, 3.05) is 5.33 Å². The van der Waals surface area contributed by atoms with E-state index < -0.39 is 0 Å². The Bertz CT molecular complexity index is 267. The molecule has 0 radical (unpaired) electrons. The fraction of sp³-hybridized carbons (Fsp3) is 0.400. The van der Waals surface area contributed by atoms with Gasteiger partial charge in [-0.2, -0.15) is 0 Å². The van der Waals surface area contributed by atoms with Crippen LogP contribution in [0.15, 0.2) is 22.7 Å². The molecule has 0 bridgehead atoms. The van der Waals surface area contributed by atoms with E-state index in [2.05, 4.69) is 31.9 Å². The minimum atomic E-state index is -0.173. The molecule has 0 saturated carbocycles. The number of halogens is 2. The summed E-state index contributed by atoms with van der Waals surface area (Å²) in [7, 11) is 0. The number of rotatable bonds is 6. The van der Waals surface area contributed by atoms with Crippen LogP contribution in [0.5, 0.6) is 0 Å². The van der Waals surface area contributed by atoms with E-state index in [1.165, 1.54) is 12.2 Å². The summed E-state index contributed by atoms with van der Waals surface area (Å²) >= 11 is 6.07. The SMILES string of the molecule is CCC/C=C\C(=O)/C(Br)=C\C(=O)CBr. The van der Waals surface area contributed by atoms with Gasteiger partial charge in [0.1, 0.15) is 0 Å². The average Bonchev–Trinajstić information content (AvgIpc) is 2.17. The molecule has 0 amide bonds. The molecular formula is C10H12Br2O2. The van der Waals surface area contributed by atoms with E-state index in [1.807, 2.05) is 6.92 Å². The van der Waals surface area contributed by atoms with Gasteiger partial charge in [0.25, 0.3) is 0 Å². The van der Waals surface area contributed by atoms with Crippen LogP contribution in [0.4, 0.5) is 0 Å². The van der Waals surface area contributed by atoms with E-state index >= 15 is 0 Å². The molecule has 78 valence electrons. The smallest absolute Gasteiger partial charge is 0.192 e. The lowest BCUT2D eigenvalue weighted by Crippen LogP contribution is -1.98. The summed E-state index contributed by atoms with van der Waals surface area (Å²) < 4.78 is 0.300. The largest absolute Gasteiger partial charge is 0.294 e. The third kappa shape index (κ3) is 6.27. The molecule has 0 fully saturated rings. The first kappa shape index (κ1) is 13.8. The summed E-state index contributed by atoms with van der Waals surface area (Å²) in [4.78, 5) is 22.2. The Hall–Kier alpha value is -0.220. The topological polar surface area (TPSA) is 34.1 Å². The van der Waals surface area contributed by atoms with Crippen LogP contribution < -0.4 is 0 Å². The third-order valence-electron chi connectivity index (χ3n) is 1.38. The van der Waals surface area contributed by atoms with E-state index in [9.17, 15) is 9.59 Å². The van der Waals surface area contributed by atoms with E-state index in [4.69, 9.17) is 0 Å². The first-order chi connectivity index (χ1) is 6.61. The number of alkyl halides is 1. The van der Waals surface area contributed by atoms with Gasteiger partial charge in [0.2, 0.25) is 0 Å². The van der Waals surface area contributed by atoms with Gasteiger partial charge in [0, 0.05) is 6.08 Å². The molecule has 0 aliphatic heterocycles. The Balaban J connectivity index is 4.25. The summed E-state index contributed by atoms with van der Waals surface area (Å²) in [5.41, 5.74) is 0. The molecule has 0 atom stereocenters. The molecule has 0 aromatic rings. The van der Waals surface area contributed by atoms with Gasteiger partial charge in [-0.3, -0.25) is 9.59 Å². The van der Waals surface area contributed by atoms with Crippen LogP contribution in [0.25, 0.3) is 0 Å². The molecule has 0 rings (SSSR count). The van der Waals surface area contributed by atoms with Crippen molar-refractivity contribution in [3.05, 3.63) is 22.7 Å². The van der Waals surface area contributed by atoms with Crippen LogP contribution in [-0.2, 0) is 9.59 Å². The molecule has 0 aromatic heterocycles. The molecule has 2 nitrogen and oxygen atoms in total. The quantitative estimate of drug-likeness (QED) is 0.556. The van der Waals surface area contributed by atoms with Crippen LogP contribution in [0.3, 0.4) is 0 Å². The zero-order chi connectivity index (χ0) is 11.0. The van der Waals surface area contributed by atoms with Crippen LogP contribution in [0, 0.1) is 0 Å². The fourth-order valence-electron chi connectivity index (χ4n) is 0.688. The van der Waals surface area contributed by atoms with Crippen LogP contribution >= 0.6 is 31.9 Å². The van der Waals surface area contributed by atoms with Crippen LogP contribution in [0.1, 0.15) is 19.8 Å². The predicted molar refractivity (Wildman–Crippen MR) is 64.9 cm³/mol. The van der Waals surface area contributed by atoms with Crippen molar-refractivity contribution in [3.8, 4) is 0 Å². The number of hydrogen-bond donors (Lipinski definition) is 0. The van der Waals surface area contributed by atoms with Crippen molar-refractivity contribution >= 4 is 43.4 Å². The highest BCUT2D eigenvalue weighted by atomic mass is 79.9. The molecule has 0 heterocycles. The van der Waals surface area contributed by atoms with E-state index in [-0.39, 0.29) is 16.9 Å². The molecule has 0 aliphatic rings. The van der Waals surface area contributed by atoms with Gasteiger partial charge in [0.05, 0.1) is 9.81 Å². The number of allylic oxidation sites excluding steroid dienone is 4. The molecule has 0 aromatic carbocycles. The molecule has 0 unspecified atom stereocenters. The van der Waals surface area contributed by atoms with Gasteiger partial charge in [-0.05, 0) is 28.4 Å². The highest BCUT2D eigenvalue weighted by molar-refractivity contribution is 9.12. The lowest BCUT2D eigenvalue weighted by molar-refractivity contribution is -0.113. The van der Waals surface area contributed by atoms with Crippen molar-refractivity contribution in [1.29, 1.82) is 0 Å². The monoisotopic (exact) mass is 322 g/mol. The second-order valence-electron chi connectivity index (χ2n) is 2.65. The lowest BCUT2D eigenvalue weighted by Gasteiger charge is -1.91. The Morgan fingerprint density at radius 1 is 1.36 bits per heavy atom. The Labute approximate surface area is 101 Å². The highest BCUT2D eigenvalue weighted by Gasteiger charge is 2.03. The van der Waals surface area contributed by atoms with Gasteiger partial charge in [-0.25, -0.2) is 0 Å². The number of carbonyl (C=O) groups is 2. The number of hydrogen-bond acceptors (Lipinski definition) is 2. The summed E-state index contributed by atoms with van der Waals surface area (Å²) in [6, 6.07) is 0. The number of carbonyl (C=O) groups excluding carboxylic acids is 2. The summed E-state index contributed by atoms with van der Waals surface area (Å²) in [5, 5.41) is 0.230. The maximum atomic E-state index is 11.3. The molecule has 0 aliphatic carbocycles. The third-order valence-corrected chi connectivity index (χ3v) is 2.55. The second-order valence-corrected chi connectivity index (χ2v) is 4.06. The van der Waals surface area contributed by atoms with Crippen LogP contribution in [0.2, 0.25) is 0 Å². The van der Waals surface area contributed by atoms with Gasteiger partial charge in [-0.15, -0.1) is 0 Å². The van der Waals surface area contributed by atoms with Crippen molar-refractivity contribution in [2.45, 2.75) is 19.8 Å². The van der Waals surface area contributed by atoms with Gasteiger partial charge in [0.15, 0.2) is 11.6 Å². The van der Waals surface area contributed by atoms with Crippen LogP contribution in [-0.4, -0.2) is 16.9 Å². The first-order valence-electron chi connectivity index (χ1n) is 4.28. The molecular weight excluding hydrogens is 312 g/mol. The zero-order valence-electron chi connectivity index (χ0n) is 7.93. The molecule has 4 heteroatoms. The van der Waals surface area contributed by atoms with Gasteiger partial charge in [-0.1, -0.05) is 35.4 Å². The number of unbranched alkanes of at least 4 members (excludes halogenated alkanes) is 1. The highest BCUT2D eigenvalue weighted by Crippen LogP contribution is 2.08. The zero-order valence-corrected chi connectivity index (χ0v) is 11.1. The van der Waals surface area contributed by atoms with E-state index in [1.54, 1.807) is 6.08 Å². The van der Waals surface area contributed by atoms with E-state index in [0.29, 0.717) is 4.48 Å². The van der Waals surface area contributed by atoms with Crippen molar-refractivity contribution in [1.82, 2.24) is 0 Å². The maximum Gasteiger partial charge on any atom is 0.192 e. The Morgan fingerprint density at radius 3 is 2.50 bits per heavy atom. The number of ketones is 2. The standard InChI is InChI=1S/C10H12Br2O2/c1-2-3-4-5-10(14)9(12)6-8(13)7-11/h4-6H,2-3,7H2,1H3/b5-4-,9-6+. The Morgan fingerprint density at radius 2 is 2.00 bits per heavy atom. The van der Waals surface area contributed by atoms with Crippen molar-refractivity contribution in [3.63, 3.8) is 0 Å². The Kier molecular flexibility index (Phi) is 7.99. The molecule has 14 heavy (non-hydrogen) atoms. The summed E-state index contributed by atoms with van der Waals surface area (Å²) in [6.07, 6.45) is 6.44. The second kappa shape index (κ2) is 8.12. The molecule has 0 N–H and O–H groups in total. The minimum absolute atomic E-state index is 0.130. The normalized spacial score (nSPS) is 12.1. The van der Waals surface area contributed by atoms with Crippen molar-refractivity contribution < 1.29 is 9.59 Å². The lowest BCUT2D eigenvalue weighted by atomic mass is 10.2. The minimum Gasteiger partial charge on any atom is -0.294 e. The first-order valence-corrected chi connectivity index (χ1v) is 6.20. The van der Waals surface area contributed by atoms with Gasteiger partial charge >= 0.3 is 0 Å². The fourth-order valence-corrected chi connectivity index (χ4v) is 1.24. The molecule has 0 saturated heterocycles. The average molecular weight is 324 g/mol. The van der Waals surface area contributed by atoms with E-state index in [0.717, 1.165) is 12.8 Å².